The molecule has 0 fully saturated rings. The number of hydrogen-bond donors (Lipinski definition) is 1. The molecule has 0 unspecified atom stereocenters. The van der Waals surface area contributed by atoms with E-state index in [1.54, 1.807) is 5.38 Å². The first-order valence-electron chi connectivity index (χ1n) is 4.13. The molecule has 3 nitrogen and oxygen atoms in total. The summed E-state index contributed by atoms with van der Waals surface area (Å²) in [4.78, 5) is 11.2. The van der Waals surface area contributed by atoms with Crippen molar-refractivity contribution in [3.63, 3.8) is 0 Å². The largest absolute Gasteiger partial charge is 0.477 e. The molecule has 0 bridgehead atoms. The maximum atomic E-state index is 10.9. The normalized spacial score (nSPS) is 11.0. The van der Waals surface area contributed by atoms with Gasteiger partial charge in [-0.05, 0) is 5.41 Å². The molecule has 4 heteroatoms. The first kappa shape index (κ1) is 10.7. The van der Waals surface area contributed by atoms with E-state index in [0.29, 0.717) is 11.1 Å². The topological polar surface area (TPSA) is 61.1 Å². The molecule has 1 rings (SSSR count). The number of carboxylic acid groups (broad SMARTS) is 1. The van der Waals surface area contributed by atoms with Gasteiger partial charge in [0.15, 0.2) is 0 Å². The zero-order valence-electron chi connectivity index (χ0n) is 8.29. The van der Waals surface area contributed by atoms with Gasteiger partial charge in [-0.15, -0.1) is 11.3 Å². The van der Waals surface area contributed by atoms with Gasteiger partial charge in [-0.1, -0.05) is 20.8 Å². The van der Waals surface area contributed by atoms with E-state index in [2.05, 4.69) is 0 Å². The van der Waals surface area contributed by atoms with Crippen LogP contribution in [0.3, 0.4) is 0 Å². The van der Waals surface area contributed by atoms with Gasteiger partial charge in [0.1, 0.15) is 10.9 Å². The first-order chi connectivity index (χ1) is 6.38. The number of carboxylic acids is 1. The van der Waals surface area contributed by atoms with Crippen molar-refractivity contribution in [3.05, 3.63) is 21.4 Å². The fourth-order valence-electron chi connectivity index (χ4n) is 1.34. The Labute approximate surface area is 86.6 Å². The Bertz CT molecular complexity index is 407. The third kappa shape index (κ3) is 1.78. The van der Waals surface area contributed by atoms with Gasteiger partial charge in [0, 0.05) is 10.9 Å². The van der Waals surface area contributed by atoms with E-state index in [1.807, 2.05) is 26.8 Å². The van der Waals surface area contributed by atoms with Crippen molar-refractivity contribution < 1.29 is 9.90 Å². The lowest BCUT2D eigenvalue weighted by Gasteiger charge is -2.18. The van der Waals surface area contributed by atoms with E-state index in [0.717, 1.165) is 11.3 Å². The molecule has 0 atom stereocenters. The molecule has 1 aromatic rings. The minimum atomic E-state index is -0.957. The first-order valence-corrected chi connectivity index (χ1v) is 5.01. The van der Waals surface area contributed by atoms with Gasteiger partial charge in [0.2, 0.25) is 0 Å². The zero-order valence-corrected chi connectivity index (χ0v) is 9.10. The Hall–Kier alpha value is -1.34. The van der Waals surface area contributed by atoms with E-state index in [-0.39, 0.29) is 10.3 Å². The number of rotatable bonds is 1. The fourth-order valence-corrected chi connectivity index (χ4v) is 2.38. The van der Waals surface area contributed by atoms with Gasteiger partial charge in [-0.3, -0.25) is 0 Å². The van der Waals surface area contributed by atoms with Crippen molar-refractivity contribution >= 4 is 17.3 Å². The highest BCUT2D eigenvalue weighted by molar-refractivity contribution is 7.12. The van der Waals surface area contributed by atoms with Gasteiger partial charge in [-0.2, -0.15) is 5.26 Å². The summed E-state index contributed by atoms with van der Waals surface area (Å²) in [5.41, 5.74) is 0.802. The molecule has 1 aromatic heterocycles. The summed E-state index contributed by atoms with van der Waals surface area (Å²) >= 11 is 1.11. The molecule has 0 amide bonds. The Morgan fingerprint density at radius 2 is 2.14 bits per heavy atom. The average Bonchev–Trinajstić information content (AvgIpc) is 2.45. The van der Waals surface area contributed by atoms with Gasteiger partial charge < -0.3 is 5.11 Å². The molecule has 0 radical (unpaired) electrons. The number of nitrogens with zero attached hydrogens (tertiary/aromatic N) is 1. The van der Waals surface area contributed by atoms with Crippen LogP contribution in [-0.2, 0) is 5.41 Å². The van der Waals surface area contributed by atoms with E-state index < -0.39 is 5.97 Å². The zero-order chi connectivity index (χ0) is 10.9. The SMILES string of the molecule is CC(C)(C)c1c(C#N)csc1C(=O)O. The second kappa shape index (κ2) is 3.43. The van der Waals surface area contributed by atoms with Crippen LogP contribution >= 0.6 is 11.3 Å². The van der Waals surface area contributed by atoms with Gasteiger partial charge in [0.25, 0.3) is 0 Å². The molecule has 0 aliphatic carbocycles. The van der Waals surface area contributed by atoms with Crippen LogP contribution in [0.2, 0.25) is 0 Å². The summed E-state index contributed by atoms with van der Waals surface area (Å²) in [5, 5.41) is 19.4. The smallest absolute Gasteiger partial charge is 0.346 e. The third-order valence-corrected chi connectivity index (χ3v) is 2.82. The van der Waals surface area contributed by atoms with Gasteiger partial charge in [0.05, 0.1) is 5.56 Å². The lowest BCUT2D eigenvalue weighted by molar-refractivity contribution is 0.0699. The van der Waals surface area contributed by atoms with Crippen molar-refractivity contribution in [1.82, 2.24) is 0 Å². The summed E-state index contributed by atoms with van der Waals surface area (Å²) in [6.07, 6.45) is 0. The van der Waals surface area contributed by atoms with E-state index in [1.165, 1.54) is 0 Å². The second-order valence-electron chi connectivity index (χ2n) is 4.02. The predicted molar refractivity (Wildman–Crippen MR) is 54.7 cm³/mol. The molecule has 1 N–H and O–H groups in total. The minimum absolute atomic E-state index is 0.272. The molecule has 14 heavy (non-hydrogen) atoms. The quantitative estimate of drug-likeness (QED) is 0.773. The summed E-state index contributed by atoms with van der Waals surface area (Å²) < 4.78 is 0. The van der Waals surface area contributed by atoms with Crippen molar-refractivity contribution in [3.8, 4) is 6.07 Å². The Balaban J connectivity index is 3.44. The van der Waals surface area contributed by atoms with Crippen LogP contribution in [-0.4, -0.2) is 11.1 Å². The predicted octanol–water partition coefficient (Wildman–Crippen LogP) is 2.62. The maximum absolute atomic E-state index is 10.9. The molecule has 1 heterocycles. The lowest BCUT2D eigenvalue weighted by atomic mass is 9.85. The summed E-state index contributed by atoms with van der Waals surface area (Å²) in [5.74, 6) is -0.957. The number of thiophene rings is 1. The lowest BCUT2D eigenvalue weighted by Crippen LogP contribution is -2.16. The monoisotopic (exact) mass is 209 g/mol. The highest BCUT2D eigenvalue weighted by Gasteiger charge is 2.26. The summed E-state index contributed by atoms with van der Waals surface area (Å²) in [7, 11) is 0. The van der Waals surface area contributed by atoms with Crippen molar-refractivity contribution in [1.29, 1.82) is 5.26 Å². The number of hydrogen-bond acceptors (Lipinski definition) is 3. The maximum Gasteiger partial charge on any atom is 0.346 e. The standard InChI is InChI=1S/C10H11NO2S/c1-10(2,3)7-6(4-11)5-14-8(7)9(12)13/h5H,1-3H3,(H,12,13). The molecule has 0 aliphatic heterocycles. The number of carbonyl (C=O) groups is 1. The highest BCUT2D eigenvalue weighted by Crippen LogP contribution is 2.33. The van der Waals surface area contributed by atoms with Crippen LogP contribution in [0.5, 0.6) is 0 Å². The molecular formula is C10H11NO2S. The Morgan fingerprint density at radius 3 is 2.50 bits per heavy atom. The molecular weight excluding hydrogens is 198 g/mol. The fraction of sp³-hybridized carbons (Fsp3) is 0.400. The summed E-state index contributed by atoms with van der Waals surface area (Å²) in [6, 6.07) is 2.02. The minimum Gasteiger partial charge on any atom is -0.477 e. The van der Waals surface area contributed by atoms with E-state index >= 15 is 0 Å². The molecule has 0 aromatic carbocycles. The van der Waals surface area contributed by atoms with Crippen LogP contribution in [0.15, 0.2) is 5.38 Å². The molecule has 0 saturated heterocycles. The number of nitriles is 1. The van der Waals surface area contributed by atoms with Crippen molar-refractivity contribution in [2.24, 2.45) is 0 Å². The Kier molecular flexibility index (Phi) is 2.63. The van der Waals surface area contributed by atoms with Gasteiger partial charge >= 0.3 is 5.97 Å². The highest BCUT2D eigenvalue weighted by atomic mass is 32.1. The van der Waals surface area contributed by atoms with Crippen molar-refractivity contribution in [2.75, 3.05) is 0 Å². The van der Waals surface area contributed by atoms with Crippen LogP contribution in [0.1, 0.15) is 41.6 Å². The number of aromatic carboxylic acids is 1. The molecule has 0 aliphatic rings. The third-order valence-electron chi connectivity index (χ3n) is 1.86. The van der Waals surface area contributed by atoms with Crippen LogP contribution in [0.25, 0.3) is 0 Å². The van der Waals surface area contributed by atoms with Crippen LogP contribution < -0.4 is 0 Å². The Morgan fingerprint density at radius 1 is 1.57 bits per heavy atom. The van der Waals surface area contributed by atoms with Crippen molar-refractivity contribution in [2.45, 2.75) is 26.2 Å². The molecule has 0 saturated carbocycles. The molecule has 0 spiro atoms. The van der Waals surface area contributed by atoms with E-state index in [4.69, 9.17) is 10.4 Å². The van der Waals surface area contributed by atoms with Crippen LogP contribution in [0, 0.1) is 11.3 Å². The average molecular weight is 209 g/mol. The molecule has 74 valence electrons. The second-order valence-corrected chi connectivity index (χ2v) is 4.90. The van der Waals surface area contributed by atoms with E-state index in [9.17, 15) is 4.79 Å². The van der Waals surface area contributed by atoms with Gasteiger partial charge in [-0.25, -0.2) is 4.79 Å². The van der Waals surface area contributed by atoms with Crippen LogP contribution in [0.4, 0.5) is 0 Å². The summed E-state index contributed by atoms with van der Waals surface area (Å²) in [6.45, 7) is 5.72.